The number of hydrogen-bond acceptors (Lipinski definition) is 4. The number of likely N-dealkylation sites (tertiary alicyclic amines) is 1. The van der Waals surface area contributed by atoms with Crippen LogP contribution in [0.25, 0.3) is 0 Å². The number of rotatable bonds is 5. The topological polar surface area (TPSA) is 48.1 Å². The van der Waals surface area contributed by atoms with Crippen LogP contribution in [0.15, 0.2) is 24.4 Å². The quantitative estimate of drug-likeness (QED) is 0.917. The maximum absolute atomic E-state index is 4.46. The highest BCUT2D eigenvalue weighted by Crippen LogP contribution is 2.20. The molecule has 0 bridgehead atoms. The molecule has 1 aliphatic heterocycles. The molecule has 1 fully saturated rings. The van der Waals surface area contributed by atoms with E-state index in [1.165, 1.54) is 37.1 Å². The van der Waals surface area contributed by atoms with Crippen LogP contribution in [0.5, 0.6) is 0 Å². The molecule has 3 heterocycles. The summed E-state index contributed by atoms with van der Waals surface area (Å²) in [5, 5.41) is 7.43. The third-order valence-corrected chi connectivity index (χ3v) is 5.21. The van der Waals surface area contributed by atoms with E-state index in [0.717, 1.165) is 31.0 Å². The van der Waals surface area contributed by atoms with Crippen molar-refractivity contribution in [2.75, 3.05) is 20.1 Å². The first kappa shape index (κ1) is 17.1. The van der Waals surface area contributed by atoms with Crippen LogP contribution in [-0.4, -0.2) is 51.2 Å². The highest BCUT2D eigenvalue weighted by Gasteiger charge is 2.21. The lowest BCUT2D eigenvalue weighted by molar-refractivity contribution is 0.204. The number of H-pyrrole nitrogens is 1. The molecular formula is C19H29N5. The van der Waals surface area contributed by atoms with Gasteiger partial charge in [0.1, 0.15) is 0 Å². The Kier molecular flexibility index (Phi) is 5.63. The lowest BCUT2D eigenvalue weighted by Gasteiger charge is -2.27. The molecule has 0 spiro atoms. The maximum atomic E-state index is 4.46. The average Bonchev–Trinajstić information content (AvgIpc) is 2.79. The van der Waals surface area contributed by atoms with Crippen molar-refractivity contribution >= 4 is 0 Å². The van der Waals surface area contributed by atoms with Gasteiger partial charge in [0, 0.05) is 36.6 Å². The third kappa shape index (κ3) is 4.22. The van der Waals surface area contributed by atoms with E-state index in [0.29, 0.717) is 6.04 Å². The van der Waals surface area contributed by atoms with E-state index in [2.05, 4.69) is 58.0 Å². The minimum absolute atomic E-state index is 0.642. The molecule has 5 nitrogen and oxygen atoms in total. The molecule has 24 heavy (non-hydrogen) atoms. The molecule has 1 saturated heterocycles. The first-order valence-corrected chi connectivity index (χ1v) is 8.96. The minimum Gasteiger partial charge on any atom is -0.299 e. The van der Waals surface area contributed by atoms with E-state index in [9.17, 15) is 0 Å². The molecule has 3 rings (SSSR count). The second kappa shape index (κ2) is 7.90. The van der Waals surface area contributed by atoms with Gasteiger partial charge in [-0.05, 0) is 65.4 Å². The van der Waals surface area contributed by atoms with E-state index < -0.39 is 0 Å². The van der Waals surface area contributed by atoms with Gasteiger partial charge in [0.15, 0.2) is 0 Å². The Morgan fingerprint density at radius 2 is 2.12 bits per heavy atom. The van der Waals surface area contributed by atoms with Crippen LogP contribution in [0, 0.1) is 13.8 Å². The van der Waals surface area contributed by atoms with Crippen molar-refractivity contribution < 1.29 is 0 Å². The predicted octanol–water partition coefficient (Wildman–Crippen LogP) is 2.91. The number of nitrogens with zero attached hydrogens (tertiary/aromatic N) is 4. The second-order valence-electron chi connectivity index (χ2n) is 7.01. The summed E-state index contributed by atoms with van der Waals surface area (Å²) in [5.74, 6) is 0. The van der Waals surface area contributed by atoms with Crippen molar-refractivity contribution in [3.63, 3.8) is 0 Å². The Morgan fingerprint density at radius 3 is 2.83 bits per heavy atom. The van der Waals surface area contributed by atoms with E-state index in [1.54, 1.807) is 0 Å². The van der Waals surface area contributed by atoms with Gasteiger partial charge in [-0.15, -0.1) is 0 Å². The lowest BCUT2D eigenvalue weighted by atomic mass is 10.1. The number of pyridine rings is 1. The molecule has 0 amide bonds. The zero-order valence-corrected chi connectivity index (χ0v) is 15.1. The summed E-state index contributed by atoms with van der Waals surface area (Å²) in [7, 11) is 2.24. The standard InChI is InChI=1S/C19H29N5/c1-15-19(16(2)22-21-15)14-24-11-6-8-18(9-12-24)23(3)13-17-7-4-5-10-20-17/h4-5,7,10,18H,6,8-9,11-14H2,1-3H3,(H,21,22)/t18-/m0/s1. The molecule has 2 aromatic rings. The zero-order valence-electron chi connectivity index (χ0n) is 15.1. The second-order valence-corrected chi connectivity index (χ2v) is 7.01. The van der Waals surface area contributed by atoms with E-state index in [-0.39, 0.29) is 0 Å². The van der Waals surface area contributed by atoms with Gasteiger partial charge in [-0.1, -0.05) is 6.07 Å². The van der Waals surface area contributed by atoms with Crippen molar-refractivity contribution in [2.24, 2.45) is 0 Å². The highest BCUT2D eigenvalue weighted by molar-refractivity contribution is 5.22. The summed E-state index contributed by atoms with van der Waals surface area (Å²) in [5.41, 5.74) is 4.88. The van der Waals surface area contributed by atoms with Crippen LogP contribution in [0.3, 0.4) is 0 Å². The Labute approximate surface area is 145 Å². The average molecular weight is 327 g/mol. The lowest BCUT2D eigenvalue weighted by Crippen LogP contribution is -2.32. The smallest absolute Gasteiger partial charge is 0.0639 e. The first-order valence-electron chi connectivity index (χ1n) is 8.96. The Hall–Kier alpha value is -1.72. The monoisotopic (exact) mass is 327 g/mol. The summed E-state index contributed by atoms with van der Waals surface area (Å²) in [6.45, 7) is 8.51. The number of aromatic nitrogens is 3. The van der Waals surface area contributed by atoms with Crippen LogP contribution in [0.4, 0.5) is 0 Å². The van der Waals surface area contributed by atoms with Crippen molar-refractivity contribution in [3.05, 3.63) is 47.0 Å². The van der Waals surface area contributed by atoms with E-state index >= 15 is 0 Å². The van der Waals surface area contributed by atoms with Gasteiger partial charge in [-0.2, -0.15) is 5.10 Å². The number of aryl methyl sites for hydroxylation is 2. The molecule has 0 unspecified atom stereocenters. The molecular weight excluding hydrogens is 298 g/mol. The van der Waals surface area contributed by atoms with Crippen LogP contribution in [0.2, 0.25) is 0 Å². The fraction of sp³-hybridized carbons (Fsp3) is 0.579. The van der Waals surface area contributed by atoms with Crippen LogP contribution < -0.4 is 0 Å². The molecule has 1 N–H and O–H groups in total. The molecule has 1 aliphatic rings. The fourth-order valence-corrected chi connectivity index (χ4v) is 3.64. The Morgan fingerprint density at radius 1 is 1.25 bits per heavy atom. The summed E-state index contributed by atoms with van der Waals surface area (Å²) in [6, 6.07) is 6.81. The molecule has 5 heteroatoms. The highest BCUT2D eigenvalue weighted by atomic mass is 15.2. The van der Waals surface area contributed by atoms with Gasteiger partial charge in [0.05, 0.1) is 11.4 Å². The normalized spacial score (nSPS) is 19.6. The Bertz CT molecular complexity index is 617. The van der Waals surface area contributed by atoms with Gasteiger partial charge < -0.3 is 0 Å². The molecule has 0 saturated carbocycles. The van der Waals surface area contributed by atoms with Crippen molar-refractivity contribution in [1.29, 1.82) is 0 Å². The SMILES string of the molecule is Cc1n[nH]c(C)c1CN1CCC[C@H](N(C)Cc2ccccn2)CC1. The summed E-state index contributed by atoms with van der Waals surface area (Å²) in [6.07, 6.45) is 5.63. The minimum atomic E-state index is 0.642. The van der Waals surface area contributed by atoms with Gasteiger partial charge >= 0.3 is 0 Å². The Balaban J connectivity index is 1.55. The van der Waals surface area contributed by atoms with Crippen LogP contribution in [-0.2, 0) is 13.1 Å². The first-order chi connectivity index (χ1) is 11.6. The predicted molar refractivity (Wildman–Crippen MR) is 96.7 cm³/mol. The maximum Gasteiger partial charge on any atom is 0.0639 e. The molecule has 0 radical (unpaired) electrons. The van der Waals surface area contributed by atoms with Gasteiger partial charge in [0.25, 0.3) is 0 Å². The van der Waals surface area contributed by atoms with Gasteiger partial charge in [-0.3, -0.25) is 19.9 Å². The third-order valence-electron chi connectivity index (χ3n) is 5.21. The molecule has 1 atom stereocenters. The van der Waals surface area contributed by atoms with Crippen molar-refractivity contribution in [1.82, 2.24) is 25.0 Å². The van der Waals surface area contributed by atoms with Crippen molar-refractivity contribution in [2.45, 2.75) is 52.2 Å². The van der Waals surface area contributed by atoms with Gasteiger partial charge in [-0.25, -0.2) is 0 Å². The number of aromatic amines is 1. The van der Waals surface area contributed by atoms with E-state index in [1.807, 2.05) is 12.3 Å². The van der Waals surface area contributed by atoms with Crippen molar-refractivity contribution in [3.8, 4) is 0 Å². The number of nitrogens with one attached hydrogen (secondary N) is 1. The van der Waals surface area contributed by atoms with Gasteiger partial charge in [0.2, 0.25) is 0 Å². The summed E-state index contributed by atoms with van der Waals surface area (Å²) >= 11 is 0. The summed E-state index contributed by atoms with van der Waals surface area (Å²) in [4.78, 5) is 9.51. The van der Waals surface area contributed by atoms with Crippen LogP contribution >= 0.6 is 0 Å². The molecule has 130 valence electrons. The zero-order chi connectivity index (χ0) is 16.9. The molecule has 0 aromatic carbocycles. The largest absolute Gasteiger partial charge is 0.299 e. The summed E-state index contributed by atoms with van der Waals surface area (Å²) < 4.78 is 0. The van der Waals surface area contributed by atoms with E-state index in [4.69, 9.17) is 0 Å². The molecule has 0 aliphatic carbocycles. The molecule has 2 aromatic heterocycles. The van der Waals surface area contributed by atoms with Crippen LogP contribution in [0.1, 0.15) is 41.9 Å². The fourth-order valence-electron chi connectivity index (χ4n) is 3.64. The number of hydrogen-bond donors (Lipinski definition) is 1.